The molecule has 1 aromatic carbocycles. The van der Waals surface area contributed by atoms with Crippen molar-refractivity contribution in [2.24, 2.45) is 5.92 Å². The quantitative estimate of drug-likeness (QED) is 0.799. The first-order chi connectivity index (χ1) is 10.9. The number of carbonyl (C=O) groups excluding carboxylic acids is 1. The summed E-state index contributed by atoms with van der Waals surface area (Å²) >= 11 is 0. The van der Waals surface area contributed by atoms with Crippen LogP contribution in [0.15, 0.2) is 12.1 Å². The van der Waals surface area contributed by atoms with E-state index in [-0.39, 0.29) is 18.7 Å². The van der Waals surface area contributed by atoms with E-state index in [2.05, 4.69) is 29.7 Å². The van der Waals surface area contributed by atoms with Crippen LogP contribution in [0.3, 0.4) is 0 Å². The Kier molecular flexibility index (Phi) is 4.23. The molecule has 3 N–H and O–H groups in total. The van der Waals surface area contributed by atoms with Crippen LogP contribution in [-0.2, 0) is 0 Å². The summed E-state index contributed by atoms with van der Waals surface area (Å²) in [5, 5.41) is 15.7. The largest absolute Gasteiger partial charge is 0.493 e. The first kappa shape index (κ1) is 16.1. The van der Waals surface area contributed by atoms with Gasteiger partial charge in [-0.15, -0.1) is 0 Å². The van der Waals surface area contributed by atoms with Crippen molar-refractivity contribution >= 4 is 6.03 Å². The predicted octanol–water partition coefficient (Wildman–Crippen LogP) is 2.59. The molecule has 1 saturated carbocycles. The van der Waals surface area contributed by atoms with Crippen LogP contribution >= 0.6 is 0 Å². The fourth-order valence-electron chi connectivity index (χ4n) is 3.47. The number of urea groups is 1. The zero-order valence-corrected chi connectivity index (χ0v) is 14.1. The molecule has 2 atom stereocenters. The summed E-state index contributed by atoms with van der Waals surface area (Å²) in [6, 6.07) is 3.90. The fourth-order valence-corrected chi connectivity index (χ4v) is 3.47. The smallest absolute Gasteiger partial charge is 0.315 e. The summed E-state index contributed by atoms with van der Waals surface area (Å²) < 4.78 is 5.78. The Morgan fingerprint density at radius 3 is 2.74 bits per heavy atom. The molecule has 2 aliphatic rings. The number of rotatable bonds is 4. The van der Waals surface area contributed by atoms with Crippen molar-refractivity contribution in [2.75, 3.05) is 13.2 Å². The van der Waals surface area contributed by atoms with E-state index in [0.29, 0.717) is 12.5 Å². The van der Waals surface area contributed by atoms with Gasteiger partial charge in [-0.3, -0.25) is 0 Å². The van der Waals surface area contributed by atoms with Gasteiger partial charge in [0.05, 0.1) is 24.8 Å². The SMILES string of the molecule is Cc1cc(C)c2c(c1)[C@@H](NC(=O)N[C@@](C)(CO)C1CC1)CCO2. The lowest BCUT2D eigenvalue weighted by molar-refractivity contribution is 0.152. The van der Waals surface area contributed by atoms with Gasteiger partial charge in [0, 0.05) is 12.0 Å². The van der Waals surface area contributed by atoms with E-state index in [1.807, 2.05) is 13.8 Å². The Balaban J connectivity index is 1.73. The molecule has 0 unspecified atom stereocenters. The van der Waals surface area contributed by atoms with Gasteiger partial charge in [0.1, 0.15) is 5.75 Å². The summed E-state index contributed by atoms with van der Waals surface area (Å²) in [4.78, 5) is 12.4. The van der Waals surface area contributed by atoms with Crippen LogP contribution < -0.4 is 15.4 Å². The maximum absolute atomic E-state index is 12.4. The Labute approximate surface area is 137 Å². The zero-order valence-electron chi connectivity index (χ0n) is 14.1. The number of ether oxygens (including phenoxy) is 1. The number of fused-ring (bicyclic) bond motifs is 1. The van der Waals surface area contributed by atoms with Gasteiger partial charge in [-0.25, -0.2) is 4.79 Å². The molecule has 1 aromatic rings. The number of nitrogens with one attached hydrogen (secondary N) is 2. The highest BCUT2D eigenvalue weighted by Crippen LogP contribution is 2.39. The van der Waals surface area contributed by atoms with E-state index < -0.39 is 5.54 Å². The zero-order chi connectivity index (χ0) is 16.6. The van der Waals surface area contributed by atoms with Gasteiger partial charge >= 0.3 is 6.03 Å². The van der Waals surface area contributed by atoms with E-state index >= 15 is 0 Å². The molecule has 0 spiro atoms. The van der Waals surface area contributed by atoms with Crippen molar-refractivity contribution in [1.29, 1.82) is 0 Å². The maximum Gasteiger partial charge on any atom is 0.315 e. The Hall–Kier alpha value is -1.75. The highest BCUT2D eigenvalue weighted by atomic mass is 16.5. The minimum atomic E-state index is -0.527. The molecule has 0 aromatic heterocycles. The van der Waals surface area contributed by atoms with Crippen molar-refractivity contribution in [3.05, 3.63) is 28.8 Å². The van der Waals surface area contributed by atoms with E-state index in [9.17, 15) is 9.90 Å². The van der Waals surface area contributed by atoms with Crippen molar-refractivity contribution < 1.29 is 14.6 Å². The van der Waals surface area contributed by atoms with Crippen molar-refractivity contribution in [3.8, 4) is 5.75 Å². The molecule has 1 heterocycles. The second kappa shape index (κ2) is 6.04. The van der Waals surface area contributed by atoms with Crippen LogP contribution in [0.25, 0.3) is 0 Å². The average Bonchev–Trinajstić information content (AvgIpc) is 3.33. The van der Waals surface area contributed by atoms with E-state index in [4.69, 9.17) is 4.74 Å². The van der Waals surface area contributed by atoms with Crippen LogP contribution in [0.5, 0.6) is 5.75 Å². The summed E-state index contributed by atoms with van der Waals surface area (Å²) in [6.07, 6.45) is 2.88. The first-order valence-corrected chi connectivity index (χ1v) is 8.36. The third-order valence-electron chi connectivity index (χ3n) is 4.99. The first-order valence-electron chi connectivity index (χ1n) is 8.36. The normalized spacial score (nSPS) is 22.5. The predicted molar refractivity (Wildman–Crippen MR) is 88.7 cm³/mol. The summed E-state index contributed by atoms with van der Waals surface area (Å²) in [5.74, 6) is 1.27. The van der Waals surface area contributed by atoms with Gasteiger partial charge in [-0.05, 0) is 45.1 Å². The second-order valence-corrected chi connectivity index (χ2v) is 7.14. The number of hydrogen-bond acceptors (Lipinski definition) is 3. The Bertz CT molecular complexity index is 613. The van der Waals surface area contributed by atoms with Crippen molar-refractivity contribution in [1.82, 2.24) is 10.6 Å². The molecule has 1 aliphatic carbocycles. The van der Waals surface area contributed by atoms with Crippen molar-refractivity contribution in [3.63, 3.8) is 0 Å². The molecule has 0 saturated heterocycles. The monoisotopic (exact) mass is 318 g/mol. The van der Waals surface area contributed by atoms with E-state index in [0.717, 1.165) is 41.7 Å². The minimum Gasteiger partial charge on any atom is -0.493 e. The number of benzene rings is 1. The number of aliphatic hydroxyl groups excluding tert-OH is 1. The molecular formula is C18H26N2O3. The van der Waals surface area contributed by atoms with Gasteiger partial charge in [0.2, 0.25) is 0 Å². The summed E-state index contributed by atoms with van der Waals surface area (Å²) in [6.45, 7) is 6.56. The fraction of sp³-hybridized carbons (Fsp3) is 0.611. The number of amides is 2. The lowest BCUT2D eigenvalue weighted by Crippen LogP contribution is -2.54. The number of aryl methyl sites for hydroxylation is 2. The molecular weight excluding hydrogens is 292 g/mol. The van der Waals surface area contributed by atoms with Gasteiger partial charge in [-0.1, -0.05) is 17.7 Å². The molecule has 5 heteroatoms. The van der Waals surface area contributed by atoms with Gasteiger partial charge in [0.15, 0.2) is 0 Å². The third-order valence-corrected chi connectivity index (χ3v) is 4.99. The number of hydrogen-bond donors (Lipinski definition) is 3. The van der Waals surface area contributed by atoms with Crippen LogP contribution in [0.2, 0.25) is 0 Å². The number of aliphatic hydroxyl groups is 1. The lowest BCUT2D eigenvalue weighted by Gasteiger charge is -2.32. The molecule has 23 heavy (non-hydrogen) atoms. The topological polar surface area (TPSA) is 70.6 Å². The molecule has 1 aliphatic heterocycles. The van der Waals surface area contributed by atoms with Gasteiger partial charge in [-0.2, -0.15) is 0 Å². The molecule has 2 amide bonds. The Morgan fingerprint density at radius 1 is 1.35 bits per heavy atom. The lowest BCUT2D eigenvalue weighted by atomic mass is 9.95. The van der Waals surface area contributed by atoms with E-state index in [1.54, 1.807) is 0 Å². The van der Waals surface area contributed by atoms with Gasteiger partial charge < -0.3 is 20.5 Å². The summed E-state index contributed by atoms with van der Waals surface area (Å²) in [5.41, 5.74) is 2.78. The van der Waals surface area contributed by atoms with Crippen LogP contribution in [-0.4, -0.2) is 29.9 Å². The number of carbonyl (C=O) groups is 1. The van der Waals surface area contributed by atoms with Crippen molar-refractivity contribution in [2.45, 2.75) is 51.6 Å². The molecule has 0 bridgehead atoms. The standard InChI is InChI=1S/C18H26N2O3/c1-11-8-12(2)16-14(9-11)15(6-7-23-16)19-17(22)20-18(3,10-21)13-4-5-13/h8-9,13,15,21H,4-7,10H2,1-3H3,(H2,19,20,22)/t15-,18-/m0/s1. The maximum atomic E-state index is 12.4. The Morgan fingerprint density at radius 2 is 2.09 bits per heavy atom. The second-order valence-electron chi connectivity index (χ2n) is 7.14. The summed E-state index contributed by atoms with van der Waals surface area (Å²) in [7, 11) is 0. The molecule has 1 fully saturated rings. The highest BCUT2D eigenvalue weighted by Gasteiger charge is 2.42. The minimum absolute atomic E-state index is 0.0341. The molecule has 5 nitrogen and oxygen atoms in total. The third kappa shape index (κ3) is 3.29. The van der Waals surface area contributed by atoms with Crippen LogP contribution in [0.1, 0.15) is 48.9 Å². The van der Waals surface area contributed by atoms with Gasteiger partial charge in [0.25, 0.3) is 0 Å². The molecule has 0 radical (unpaired) electrons. The molecule has 126 valence electrons. The van der Waals surface area contributed by atoms with Crippen LogP contribution in [0, 0.1) is 19.8 Å². The highest BCUT2D eigenvalue weighted by molar-refractivity contribution is 5.75. The van der Waals surface area contributed by atoms with E-state index in [1.165, 1.54) is 0 Å². The van der Waals surface area contributed by atoms with Crippen LogP contribution in [0.4, 0.5) is 4.79 Å². The average molecular weight is 318 g/mol. The molecule has 3 rings (SSSR count).